The van der Waals surface area contributed by atoms with Gasteiger partial charge in [-0.1, -0.05) is 29.8 Å². The third-order valence-corrected chi connectivity index (χ3v) is 4.30. The Morgan fingerprint density at radius 3 is 2.64 bits per heavy atom. The zero-order chi connectivity index (χ0) is 17.6. The highest BCUT2D eigenvalue weighted by atomic mass is 16.5. The number of rotatable bonds is 5. The van der Waals surface area contributed by atoms with Gasteiger partial charge in [-0.3, -0.25) is 9.69 Å². The van der Waals surface area contributed by atoms with Gasteiger partial charge in [-0.2, -0.15) is 0 Å². The van der Waals surface area contributed by atoms with E-state index in [0.29, 0.717) is 18.7 Å². The van der Waals surface area contributed by atoms with Crippen molar-refractivity contribution < 1.29 is 18.7 Å². The average Bonchev–Trinajstić information content (AvgIpc) is 3.15. The maximum absolute atomic E-state index is 12.2. The molecule has 0 N–H and O–H groups in total. The van der Waals surface area contributed by atoms with Crippen LogP contribution in [0.25, 0.3) is 0 Å². The van der Waals surface area contributed by atoms with E-state index in [2.05, 4.69) is 36.1 Å². The van der Waals surface area contributed by atoms with Gasteiger partial charge in [-0.15, -0.1) is 0 Å². The Labute approximate surface area is 147 Å². The summed E-state index contributed by atoms with van der Waals surface area (Å²) in [4.78, 5) is 28.0. The molecular formula is C19H22N2O4. The minimum Gasteiger partial charge on any atom is -0.472 e. The Kier molecular flexibility index (Phi) is 5.50. The molecule has 0 spiro atoms. The van der Waals surface area contributed by atoms with Crippen LogP contribution in [0.5, 0.6) is 0 Å². The molecule has 6 heteroatoms. The fraction of sp³-hybridized carbons (Fsp3) is 0.368. The molecule has 1 saturated heterocycles. The standard InChI is InChI=1S/C19H22N2O4/c1-15-3-2-4-16(11-15)12-20-6-8-21(9-7-20)18(22)14-25-19(23)17-5-10-24-13-17/h2-5,10-11,13H,6-9,12,14H2,1H3. The summed E-state index contributed by atoms with van der Waals surface area (Å²) in [5.74, 6) is -0.702. The minimum absolute atomic E-state index is 0.160. The Bertz CT molecular complexity index is 719. The number of carbonyl (C=O) groups excluding carboxylic acids is 2. The molecule has 0 atom stereocenters. The van der Waals surface area contributed by atoms with E-state index in [1.807, 2.05) is 0 Å². The van der Waals surface area contributed by atoms with Crippen LogP contribution >= 0.6 is 0 Å². The summed E-state index contributed by atoms with van der Waals surface area (Å²) in [6.45, 7) is 5.67. The molecule has 25 heavy (non-hydrogen) atoms. The molecule has 1 aromatic carbocycles. The van der Waals surface area contributed by atoms with Crippen molar-refractivity contribution in [2.75, 3.05) is 32.8 Å². The van der Waals surface area contributed by atoms with Crippen LogP contribution in [0.15, 0.2) is 47.3 Å². The lowest BCUT2D eigenvalue weighted by molar-refractivity contribution is -0.136. The number of nitrogens with zero attached hydrogens (tertiary/aromatic N) is 2. The fourth-order valence-corrected chi connectivity index (χ4v) is 2.91. The van der Waals surface area contributed by atoms with Gasteiger partial charge < -0.3 is 14.1 Å². The number of amides is 1. The van der Waals surface area contributed by atoms with E-state index in [-0.39, 0.29) is 12.5 Å². The van der Waals surface area contributed by atoms with Gasteiger partial charge in [0.1, 0.15) is 6.26 Å². The fourth-order valence-electron chi connectivity index (χ4n) is 2.91. The predicted molar refractivity (Wildman–Crippen MR) is 92.0 cm³/mol. The van der Waals surface area contributed by atoms with E-state index < -0.39 is 5.97 Å². The van der Waals surface area contributed by atoms with Crippen molar-refractivity contribution >= 4 is 11.9 Å². The highest BCUT2D eigenvalue weighted by molar-refractivity contribution is 5.90. The van der Waals surface area contributed by atoms with E-state index >= 15 is 0 Å². The molecule has 0 radical (unpaired) electrons. The molecule has 0 unspecified atom stereocenters. The van der Waals surface area contributed by atoms with Crippen molar-refractivity contribution in [3.05, 3.63) is 59.5 Å². The molecule has 1 aliphatic rings. The van der Waals surface area contributed by atoms with Gasteiger partial charge in [0.05, 0.1) is 11.8 Å². The molecule has 0 aliphatic carbocycles. The quantitative estimate of drug-likeness (QED) is 0.779. The molecule has 1 aliphatic heterocycles. The summed E-state index contributed by atoms with van der Waals surface area (Å²) in [5, 5.41) is 0. The normalized spacial score (nSPS) is 15.2. The van der Waals surface area contributed by atoms with Crippen LogP contribution in [0.4, 0.5) is 0 Å². The highest BCUT2D eigenvalue weighted by Crippen LogP contribution is 2.11. The Morgan fingerprint density at radius 2 is 1.96 bits per heavy atom. The molecule has 2 aromatic rings. The van der Waals surface area contributed by atoms with Gasteiger partial charge in [0.2, 0.25) is 0 Å². The van der Waals surface area contributed by atoms with Gasteiger partial charge in [0, 0.05) is 32.7 Å². The smallest absolute Gasteiger partial charge is 0.341 e. The van der Waals surface area contributed by atoms with E-state index in [4.69, 9.17) is 9.15 Å². The molecular weight excluding hydrogens is 320 g/mol. The number of ether oxygens (including phenoxy) is 1. The van der Waals surface area contributed by atoms with Crippen molar-refractivity contribution in [2.24, 2.45) is 0 Å². The molecule has 2 heterocycles. The van der Waals surface area contributed by atoms with E-state index in [1.165, 1.54) is 29.7 Å². The SMILES string of the molecule is Cc1cccc(CN2CCN(C(=O)COC(=O)c3ccoc3)CC2)c1. The highest BCUT2D eigenvalue weighted by Gasteiger charge is 2.22. The maximum Gasteiger partial charge on any atom is 0.341 e. The molecule has 1 aromatic heterocycles. The number of carbonyl (C=O) groups is 2. The second-order valence-corrected chi connectivity index (χ2v) is 6.23. The van der Waals surface area contributed by atoms with Gasteiger partial charge >= 0.3 is 5.97 Å². The predicted octanol–water partition coefficient (Wildman–Crippen LogP) is 2.09. The monoisotopic (exact) mass is 342 g/mol. The van der Waals surface area contributed by atoms with Gasteiger partial charge in [-0.05, 0) is 18.6 Å². The second kappa shape index (κ2) is 7.98. The topological polar surface area (TPSA) is 63.0 Å². The largest absolute Gasteiger partial charge is 0.472 e. The zero-order valence-corrected chi connectivity index (χ0v) is 14.3. The van der Waals surface area contributed by atoms with E-state index in [0.717, 1.165) is 19.6 Å². The van der Waals surface area contributed by atoms with Crippen LogP contribution in [0.3, 0.4) is 0 Å². The maximum atomic E-state index is 12.2. The molecule has 6 nitrogen and oxygen atoms in total. The third-order valence-electron chi connectivity index (χ3n) is 4.30. The van der Waals surface area contributed by atoms with Gasteiger partial charge in [0.15, 0.2) is 6.61 Å². The first kappa shape index (κ1) is 17.2. The Balaban J connectivity index is 1.42. The van der Waals surface area contributed by atoms with Crippen molar-refractivity contribution in [3.63, 3.8) is 0 Å². The zero-order valence-electron chi connectivity index (χ0n) is 14.3. The van der Waals surface area contributed by atoms with Crippen LogP contribution in [-0.2, 0) is 16.1 Å². The number of aryl methyl sites for hydroxylation is 1. The minimum atomic E-state index is -0.541. The van der Waals surface area contributed by atoms with Gasteiger partial charge in [-0.25, -0.2) is 4.79 Å². The molecule has 0 bridgehead atoms. The van der Waals surface area contributed by atoms with Crippen molar-refractivity contribution in [1.29, 1.82) is 0 Å². The van der Waals surface area contributed by atoms with Crippen molar-refractivity contribution in [3.8, 4) is 0 Å². The summed E-state index contributed by atoms with van der Waals surface area (Å²) < 4.78 is 9.86. The number of hydrogen-bond donors (Lipinski definition) is 0. The van der Waals surface area contributed by atoms with Crippen molar-refractivity contribution in [2.45, 2.75) is 13.5 Å². The number of hydrogen-bond acceptors (Lipinski definition) is 5. The van der Waals surface area contributed by atoms with E-state index in [9.17, 15) is 9.59 Å². The number of furan rings is 1. The second-order valence-electron chi connectivity index (χ2n) is 6.23. The number of esters is 1. The van der Waals surface area contributed by atoms with Crippen LogP contribution < -0.4 is 0 Å². The molecule has 0 saturated carbocycles. The Hall–Kier alpha value is -2.60. The van der Waals surface area contributed by atoms with Crippen LogP contribution in [0.1, 0.15) is 21.5 Å². The first-order chi connectivity index (χ1) is 12.1. The summed E-state index contributed by atoms with van der Waals surface area (Å²) in [6.07, 6.45) is 2.70. The molecule has 1 amide bonds. The van der Waals surface area contributed by atoms with Crippen LogP contribution in [0, 0.1) is 6.92 Å². The summed E-state index contributed by atoms with van der Waals surface area (Å²) in [7, 11) is 0. The summed E-state index contributed by atoms with van der Waals surface area (Å²) >= 11 is 0. The lowest BCUT2D eigenvalue weighted by atomic mass is 10.1. The first-order valence-electron chi connectivity index (χ1n) is 8.37. The number of piperazine rings is 1. The van der Waals surface area contributed by atoms with Gasteiger partial charge in [0.25, 0.3) is 5.91 Å². The van der Waals surface area contributed by atoms with Crippen LogP contribution in [0.2, 0.25) is 0 Å². The summed E-state index contributed by atoms with van der Waals surface area (Å²) in [6, 6.07) is 9.98. The van der Waals surface area contributed by atoms with E-state index in [1.54, 1.807) is 4.90 Å². The third kappa shape index (κ3) is 4.70. The average molecular weight is 342 g/mol. The first-order valence-corrected chi connectivity index (χ1v) is 8.37. The molecule has 1 fully saturated rings. The Morgan fingerprint density at radius 1 is 1.16 bits per heavy atom. The van der Waals surface area contributed by atoms with Crippen LogP contribution in [-0.4, -0.2) is 54.5 Å². The lowest BCUT2D eigenvalue weighted by Gasteiger charge is -2.34. The summed E-state index contributed by atoms with van der Waals surface area (Å²) in [5.41, 5.74) is 2.86. The molecule has 3 rings (SSSR count). The van der Waals surface area contributed by atoms with Crippen molar-refractivity contribution in [1.82, 2.24) is 9.80 Å². The number of benzene rings is 1. The lowest BCUT2D eigenvalue weighted by Crippen LogP contribution is -2.49. The molecule has 132 valence electrons.